The number of hydrogen-bond acceptors (Lipinski definition) is 4. The van der Waals surface area contributed by atoms with Crippen molar-refractivity contribution in [3.05, 3.63) is 83.6 Å². The first kappa shape index (κ1) is 20.0. The van der Waals surface area contributed by atoms with Gasteiger partial charge in [-0.15, -0.1) is 0 Å². The van der Waals surface area contributed by atoms with Crippen molar-refractivity contribution in [2.24, 2.45) is 0 Å². The van der Waals surface area contributed by atoms with Crippen molar-refractivity contribution in [2.45, 2.75) is 18.9 Å². The monoisotopic (exact) mass is 428 g/mol. The first-order valence-electron chi connectivity index (χ1n) is 10.5. The highest BCUT2D eigenvalue weighted by molar-refractivity contribution is 6.06. The molecule has 1 atom stereocenters. The zero-order chi connectivity index (χ0) is 22.2. The van der Waals surface area contributed by atoms with Crippen LogP contribution < -0.4 is 14.8 Å². The molecule has 5 rings (SSSR count). The Kier molecular flexibility index (Phi) is 4.98. The number of phenolic OH excluding ortho intramolecular Hbond substituents is 1. The van der Waals surface area contributed by atoms with Crippen molar-refractivity contribution in [1.29, 1.82) is 0 Å². The second-order valence-corrected chi connectivity index (χ2v) is 7.98. The van der Waals surface area contributed by atoms with Gasteiger partial charge in [0.05, 0.1) is 25.4 Å². The summed E-state index contributed by atoms with van der Waals surface area (Å²) in [4.78, 5) is 12.8. The summed E-state index contributed by atoms with van der Waals surface area (Å²) in [5.41, 5.74) is 4.98. The Morgan fingerprint density at radius 3 is 2.44 bits per heavy atom. The van der Waals surface area contributed by atoms with Crippen molar-refractivity contribution >= 4 is 22.5 Å². The maximum Gasteiger partial charge on any atom is 0.225 e. The molecule has 1 aliphatic rings. The van der Waals surface area contributed by atoms with Gasteiger partial charge in [-0.3, -0.25) is 4.79 Å². The molecule has 0 fully saturated rings. The third kappa shape index (κ3) is 3.34. The molecule has 4 aromatic rings. The molecule has 2 N–H and O–H groups in total. The van der Waals surface area contributed by atoms with Gasteiger partial charge in [0, 0.05) is 30.5 Å². The molecule has 1 aliphatic heterocycles. The highest BCUT2D eigenvalue weighted by Crippen LogP contribution is 2.45. The number of anilines is 1. The Morgan fingerprint density at radius 2 is 1.75 bits per heavy atom. The zero-order valence-electron chi connectivity index (χ0n) is 18.0. The summed E-state index contributed by atoms with van der Waals surface area (Å²) < 4.78 is 13.0. The smallest absolute Gasteiger partial charge is 0.225 e. The van der Waals surface area contributed by atoms with E-state index in [0.717, 1.165) is 34.3 Å². The molecule has 1 aromatic heterocycles. The van der Waals surface area contributed by atoms with E-state index >= 15 is 0 Å². The lowest BCUT2D eigenvalue weighted by Crippen LogP contribution is -2.14. The van der Waals surface area contributed by atoms with E-state index in [4.69, 9.17) is 9.47 Å². The fourth-order valence-corrected chi connectivity index (χ4v) is 4.57. The Morgan fingerprint density at radius 1 is 1.03 bits per heavy atom. The van der Waals surface area contributed by atoms with Crippen molar-refractivity contribution in [2.75, 3.05) is 19.5 Å². The van der Waals surface area contributed by atoms with E-state index in [1.807, 2.05) is 30.3 Å². The van der Waals surface area contributed by atoms with E-state index in [2.05, 4.69) is 34.3 Å². The standard InChI is InChI=1S/C26H24N2O4/c1-31-22-11-17(12-23(32-2)26(22)30)18-13-24(29)27-20-9-6-10-21-25(20)19(18)15-28(21)14-16-7-4-3-5-8-16/h3-12,15,18,30H,13-14H2,1-2H3,(H,27,29)/t18-/m1/s1. The average Bonchev–Trinajstić information content (AvgIpc) is 3.10. The van der Waals surface area contributed by atoms with Gasteiger partial charge in [-0.2, -0.15) is 0 Å². The zero-order valence-corrected chi connectivity index (χ0v) is 18.0. The molecule has 162 valence electrons. The quantitative estimate of drug-likeness (QED) is 0.475. The summed E-state index contributed by atoms with van der Waals surface area (Å²) in [7, 11) is 3.00. The van der Waals surface area contributed by atoms with Crippen molar-refractivity contribution < 1.29 is 19.4 Å². The minimum atomic E-state index is -0.221. The van der Waals surface area contributed by atoms with Gasteiger partial charge in [0.2, 0.25) is 11.7 Å². The lowest BCUT2D eigenvalue weighted by molar-refractivity contribution is -0.116. The van der Waals surface area contributed by atoms with Crippen molar-refractivity contribution in [3.63, 3.8) is 0 Å². The predicted octanol–water partition coefficient (Wildman–Crippen LogP) is 4.89. The van der Waals surface area contributed by atoms with Gasteiger partial charge in [0.1, 0.15) is 0 Å². The normalized spacial score (nSPS) is 15.3. The van der Waals surface area contributed by atoms with E-state index in [1.54, 1.807) is 12.1 Å². The number of phenols is 1. The SMILES string of the molecule is COc1cc([C@H]2CC(=O)Nc3cccc4c3c2cn4Cc2ccccc2)cc(OC)c1O. The second-order valence-electron chi connectivity index (χ2n) is 7.98. The number of nitrogens with one attached hydrogen (secondary N) is 1. The molecule has 0 radical (unpaired) electrons. The van der Waals surface area contributed by atoms with Gasteiger partial charge in [0.25, 0.3) is 0 Å². The molecular weight excluding hydrogens is 404 g/mol. The van der Waals surface area contributed by atoms with E-state index < -0.39 is 0 Å². The highest BCUT2D eigenvalue weighted by atomic mass is 16.5. The van der Waals surface area contributed by atoms with Crippen LogP contribution in [0.25, 0.3) is 10.9 Å². The number of amides is 1. The summed E-state index contributed by atoms with van der Waals surface area (Å²) in [6.07, 6.45) is 2.41. The van der Waals surface area contributed by atoms with Gasteiger partial charge in [-0.1, -0.05) is 36.4 Å². The molecule has 3 aromatic carbocycles. The van der Waals surface area contributed by atoms with Crippen LogP contribution in [0, 0.1) is 0 Å². The number of rotatable bonds is 5. The van der Waals surface area contributed by atoms with E-state index in [1.165, 1.54) is 19.8 Å². The van der Waals surface area contributed by atoms with E-state index in [9.17, 15) is 9.90 Å². The number of aromatic hydroxyl groups is 1. The molecule has 2 heterocycles. The molecule has 0 spiro atoms. The van der Waals surface area contributed by atoms with Crippen LogP contribution in [0.3, 0.4) is 0 Å². The molecule has 0 aliphatic carbocycles. The number of nitrogens with zero attached hydrogens (tertiary/aromatic N) is 1. The van der Waals surface area contributed by atoms with Gasteiger partial charge in [0.15, 0.2) is 11.5 Å². The third-order valence-electron chi connectivity index (χ3n) is 6.07. The summed E-state index contributed by atoms with van der Waals surface area (Å²) in [5.74, 6) is 0.305. The average molecular weight is 428 g/mol. The van der Waals surface area contributed by atoms with Crippen LogP contribution in [0.1, 0.15) is 29.0 Å². The fraction of sp³-hybridized carbons (Fsp3) is 0.192. The molecular formula is C26H24N2O4. The van der Waals surface area contributed by atoms with Gasteiger partial charge in [-0.25, -0.2) is 0 Å². The molecule has 6 nitrogen and oxygen atoms in total. The topological polar surface area (TPSA) is 72.7 Å². The van der Waals surface area contributed by atoms with Gasteiger partial charge < -0.3 is 24.5 Å². The maximum atomic E-state index is 12.8. The highest BCUT2D eigenvalue weighted by Gasteiger charge is 2.29. The predicted molar refractivity (Wildman–Crippen MR) is 124 cm³/mol. The Bertz CT molecular complexity index is 1290. The minimum absolute atomic E-state index is 0.0518. The summed E-state index contributed by atoms with van der Waals surface area (Å²) in [6.45, 7) is 0.726. The van der Waals surface area contributed by atoms with Crippen LogP contribution >= 0.6 is 0 Å². The van der Waals surface area contributed by atoms with Crippen LogP contribution in [0.5, 0.6) is 17.2 Å². The Balaban J connectivity index is 1.71. The van der Waals surface area contributed by atoms with Crippen molar-refractivity contribution in [3.8, 4) is 17.2 Å². The third-order valence-corrected chi connectivity index (χ3v) is 6.07. The molecule has 1 amide bonds. The number of benzene rings is 3. The fourth-order valence-electron chi connectivity index (χ4n) is 4.57. The number of hydrogen-bond donors (Lipinski definition) is 2. The minimum Gasteiger partial charge on any atom is -0.502 e. The first-order valence-corrected chi connectivity index (χ1v) is 10.5. The van der Waals surface area contributed by atoms with Crippen LogP contribution in [0.2, 0.25) is 0 Å². The summed E-state index contributed by atoms with van der Waals surface area (Å²) in [6, 6.07) is 19.9. The van der Waals surface area contributed by atoms with Crippen LogP contribution in [0.4, 0.5) is 5.69 Å². The van der Waals surface area contributed by atoms with E-state index in [-0.39, 0.29) is 24.0 Å². The van der Waals surface area contributed by atoms with Gasteiger partial charge in [-0.05, 0) is 41.0 Å². The molecule has 0 bridgehead atoms. The van der Waals surface area contributed by atoms with Crippen LogP contribution in [0.15, 0.2) is 66.9 Å². The van der Waals surface area contributed by atoms with Crippen LogP contribution in [-0.4, -0.2) is 29.8 Å². The summed E-state index contributed by atoms with van der Waals surface area (Å²) in [5, 5.41) is 14.5. The molecule has 32 heavy (non-hydrogen) atoms. The van der Waals surface area contributed by atoms with Crippen LogP contribution in [-0.2, 0) is 11.3 Å². The number of carbonyl (C=O) groups is 1. The number of methoxy groups -OCH3 is 2. The second kappa shape index (κ2) is 7.96. The number of aromatic nitrogens is 1. The lowest BCUT2D eigenvalue weighted by atomic mass is 9.88. The lowest BCUT2D eigenvalue weighted by Gasteiger charge is -2.18. The van der Waals surface area contributed by atoms with Crippen molar-refractivity contribution in [1.82, 2.24) is 4.57 Å². The molecule has 0 unspecified atom stereocenters. The molecule has 0 saturated carbocycles. The summed E-state index contributed by atoms with van der Waals surface area (Å²) >= 11 is 0. The molecule has 6 heteroatoms. The van der Waals surface area contributed by atoms with Gasteiger partial charge >= 0.3 is 0 Å². The Labute approximate surface area is 186 Å². The number of ether oxygens (including phenoxy) is 2. The number of carbonyl (C=O) groups excluding carboxylic acids is 1. The Hall–Kier alpha value is -3.93. The molecule has 0 saturated heterocycles. The van der Waals surface area contributed by atoms with E-state index in [0.29, 0.717) is 11.5 Å². The maximum absolute atomic E-state index is 12.8. The largest absolute Gasteiger partial charge is 0.502 e. The first-order chi connectivity index (χ1) is 15.6.